The topological polar surface area (TPSA) is 47.6 Å². The van der Waals surface area contributed by atoms with Crippen molar-refractivity contribution in [2.45, 2.75) is 50.7 Å². The third-order valence-corrected chi connectivity index (χ3v) is 7.15. The highest BCUT2D eigenvalue weighted by molar-refractivity contribution is 5.91. The summed E-state index contributed by atoms with van der Waals surface area (Å²) in [4.78, 5) is 12.1. The van der Waals surface area contributed by atoms with Gasteiger partial charge in [-0.15, -0.1) is 0 Å². The van der Waals surface area contributed by atoms with E-state index in [0.717, 1.165) is 17.0 Å². The summed E-state index contributed by atoms with van der Waals surface area (Å²) in [6.07, 6.45) is 6.47. The number of benzene rings is 3. The monoisotopic (exact) mass is 441 g/mol. The van der Waals surface area contributed by atoms with E-state index in [1.165, 1.54) is 50.3 Å². The van der Waals surface area contributed by atoms with Crippen molar-refractivity contribution in [3.8, 4) is 5.75 Å². The van der Waals surface area contributed by atoms with Crippen LogP contribution >= 0.6 is 0 Å². The van der Waals surface area contributed by atoms with Gasteiger partial charge in [-0.25, -0.2) is 4.79 Å². The third-order valence-electron chi connectivity index (χ3n) is 7.15. The molecule has 2 atom stereocenters. The summed E-state index contributed by atoms with van der Waals surface area (Å²) >= 11 is 0. The van der Waals surface area contributed by atoms with E-state index < -0.39 is 0 Å². The summed E-state index contributed by atoms with van der Waals surface area (Å²) < 4.78 is 10.9. The normalized spacial score (nSPS) is 20.0. The first-order valence-electron chi connectivity index (χ1n) is 12.0. The summed E-state index contributed by atoms with van der Waals surface area (Å²) in [6.45, 7) is 0.564. The van der Waals surface area contributed by atoms with E-state index in [1.807, 2.05) is 30.3 Å². The standard InChI is InChI=1S/C29H31NO3/c1-32-29(31)23-14-17-25-26(18-23)30-28(27(25)21-10-6-3-7-11-21)22-12-15-24(16-13-22)33-19-20-8-4-2-5-9-20/h2,4-5,8-9,12-18,21,27-28,30H,3,6-7,10-11,19H2,1H3. The van der Waals surface area contributed by atoms with Gasteiger partial charge in [0.1, 0.15) is 12.4 Å². The Hall–Kier alpha value is -3.27. The van der Waals surface area contributed by atoms with Crippen molar-refractivity contribution >= 4 is 11.7 Å². The minimum atomic E-state index is -0.294. The number of esters is 1. The van der Waals surface area contributed by atoms with Gasteiger partial charge in [-0.05, 0) is 59.7 Å². The molecule has 2 unspecified atom stereocenters. The van der Waals surface area contributed by atoms with Crippen molar-refractivity contribution in [3.63, 3.8) is 0 Å². The molecule has 0 aromatic heterocycles. The average molecular weight is 442 g/mol. The smallest absolute Gasteiger partial charge is 0.337 e. The van der Waals surface area contributed by atoms with Gasteiger partial charge in [0, 0.05) is 11.6 Å². The van der Waals surface area contributed by atoms with Crippen LogP contribution in [0.5, 0.6) is 5.75 Å². The molecular weight excluding hydrogens is 410 g/mol. The highest BCUT2D eigenvalue weighted by Gasteiger charge is 2.39. The van der Waals surface area contributed by atoms with E-state index in [9.17, 15) is 4.79 Å². The lowest BCUT2D eigenvalue weighted by Gasteiger charge is -2.32. The molecule has 0 saturated heterocycles. The highest BCUT2D eigenvalue weighted by atomic mass is 16.5. The molecule has 4 nitrogen and oxygen atoms in total. The number of anilines is 1. The molecule has 0 radical (unpaired) electrons. The van der Waals surface area contributed by atoms with Crippen LogP contribution in [0.25, 0.3) is 0 Å². The van der Waals surface area contributed by atoms with Crippen LogP contribution in [0, 0.1) is 5.92 Å². The van der Waals surface area contributed by atoms with Gasteiger partial charge in [-0.2, -0.15) is 0 Å². The molecule has 170 valence electrons. The van der Waals surface area contributed by atoms with Crippen molar-refractivity contribution in [2.75, 3.05) is 12.4 Å². The molecule has 33 heavy (non-hydrogen) atoms. The molecular formula is C29H31NO3. The van der Waals surface area contributed by atoms with Crippen LogP contribution in [-0.2, 0) is 11.3 Å². The first-order chi connectivity index (χ1) is 16.2. The Morgan fingerprint density at radius 3 is 2.42 bits per heavy atom. The van der Waals surface area contributed by atoms with Gasteiger partial charge < -0.3 is 14.8 Å². The summed E-state index contributed by atoms with van der Waals surface area (Å²) in [5.41, 5.74) is 5.39. The number of carbonyl (C=O) groups is 1. The molecule has 1 heterocycles. The molecule has 5 rings (SSSR count). The van der Waals surface area contributed by atoms with Crippen molar-refractivity contribution < 1.29 is 14.3 Å². The second-order valence-electron chi connectivity index (χ2n) is 9.18. The molecule has 1 aliphatic carbocycles. The van der Waals surface area contributed by atoms with Crippen LogP contribution in [0.1, 0.15) is 71.1 Å². The molecule has 4 heteroatoms. The van der Waals surface area contributed by atoms with Gasteiger partial charge in [0.25, 0.3) is 0 Å². The number of carbonyl (C=O) groups excluding carboxylic acids is 1. The zero-order valence-corrected chi connectivity index (χ0v) is 19.1. The molecule has 0 spiro atoms. The van der Waals surface area contributed by atoms with E-state index in [2.05, 4.69) is 47.8 Å². The SMILES string of the molecule is COC(=O)c1ccc2c(c1)NC(c1ccc(OCc3ccccc3)cc1)C2C1CCCCC1. The van der Waals surface area contributed by atoms with Gasteiger partial charge in [0.2, 0.25) is 0 Å². The van der Waals surface area contributed by atoms with Gasteiger partial charge in [0.05, 0.1) is 18.7 Å². The highest BCUT2D eigenvalue weighted by Crippen LogP contribution is 2.51. The van der Waals surface area contributed by atoms with Gasteiger partial charge in [0.15, 0.2) is 0 Å². The van der Waals surface area contributed by atoms with E-state index in [1.54, 1.807) is 0 Å². The van der Waals surface area contributed by atoms with Crippen LogP contribution in [0.3, 0.4) is 0 Å². The van der Waals surface area contributed by atoms with Crippen LogP contribution < -0.4 is 10.1 Å². The molecule has 1 fully saturated rings. The Bertz CT molecular complexity index is 1090. The van der Waals surface area contributed by atoms with Crippen LogP contribution in [0.2, 0.25) is 0 Å². The van der Waals surface area contributed by atoms with Crippen LogP contribution in [0.15, 0.2) is 72.8 Å². The minimum absolute atomic E-state index is 0.194. The van der Waals surface area contributed by atoms with E-state index in [4.69, 9.17) is 9.47 Å². The second kappa shape index (κ2) is 9.70. The Morgan fingerprint density at radius 1 is 0.939 bits per heavy atom. The summed E-state index contributed by atoms with van der Waals surface area (Å²) in [7, 11) is 1.43. The van der Waals surface area contributed by atoms with Crippen LogP contribution in [0.4, 0.5) is 5.69 Å². The predicted molar refractivity (Wildman–Crippen MR) is 131 cm³/mol. The van der Waals surface area contributed by atoms with E-state index >= 15 is 0 Å². The third kappa shape index (κ3) is 4.61. The molecule has 3 aromatic carbocycles. The fourth-order valence-electron chi connectivity index (χ4n) is 5.48. The molecule has 1 N–H and O–H groups in total. The number of nitrogens with one attached hydrogen (secondary N) is 1. The van der Waals surface area contributed by atoms with E-state index in [0.29, 0.717) is 24.0 Å². The molecule has 2 aliphatic rings. The lowest BCUT2D eigenvalue weighted by molar-refractivity contribution is 0.0601. The summed E-state index contributed by atoms with van der Waals surface area (Å²) in [5.74, 6) is 1.64. The Kier molecular flexibility index (Phi) is 6.34. The molecule has 1 aliphatic heterocycles. The zero-order valence-electron chi connectivity index (χ0n) is 19.1. The molecule has 0 bridgehead atoms. The molecule has 3 aromatic rings. The first-order valence-corrected chi connectivity index (χ1v) is 12.0. The average Bonchev–Trinajstić information content (AvgIpc) is 3.27. The number of methoxy groups -OCH3 is 1. The number of rotatable bonds is 6. The number of ether oxygens (including phenoxy) is 2. The second-order valence-corrected chi connectivity index (χ2v) is 9.18. The van der Waals surface area contributed by atoms with E-state index in [-0.39, 0.29) is 12.0 Å². The van der Waals surface area contributed by atoms with Gasteiger partial charge in [-0.1, -0.05) is 67.8 Å². The maximum Gasteiger partial charge on any atom is 0.337 e. The van der Waals surface area contributed by atoms with Gasteiger partial charge in [-0.3, -0.25) is 0 Å². The summed E-state index contributed by atoms with van der Waals surface area (Å²) in [6, 6.07) is 24.9. The Morgan fingerprint density at radius 2 is 1.70 bits per heavy atom. The lowest BCUT2D eigenvalue weighted by Crippen LogP contribution is -2.21. The zero-order chi connectivity index (χ0) is 22.6. The van der Waals surface area contributed by atoms with Gasteiger partial charge >= 0.3 is 5.97 Å². The molecule has 1 saturated carbocycles. The maximum atomic E-state index is 12.1. The summed E-state index contributed by atoms with van der Waals surface area (Å²) in [5, 5.41) is 3.75. The van der Waals surface area contributed by atoms with Crippen molar-refractivity contribution in [1.29, 1.82) is 0 Å². The fourth-order valence-corrected chi connectivity index (χ4v) is 5.48. The Labute approximate surface area is 195 Å². The number of fused-ring (bicyclic) bond motifs is 1. The largest absolute Gasteiger partial charge is 0.489 e. The quantitative estimate of drug-likeness (QED) is 0.424. The lowest BCUT2D eigenvalue weighted by atomic mass is 9.73. The van der Waals surface area contributed by atoms with Crippen molar-refractivity contribution in [2.24, 2.45) is 5.92 Å². The number of hydrogen-bond donors (Lipinski definition) is 1. The first kappa shape index (κ1) is 21.6. The molecule has 0 amide bonds. The van der Waals surface area contributed by atoms with Crippen LogP contribution in [-0.4, -0.2) is 13.1 Å². The minimum Gasteiger partial charge on any atom is -0.489 e. The predicted octanol–water partition coefficient (Wildman–Crippen LogP) is 6.88. The maximum absolute atomic E-state index is 12.1. The van der Waals surface area contributed by atoms with Crippen molar-refractivity contribution in [3.05, 3.63) is 95.1 Å². The number of hydrogen-bond acceptors (Lipinski definition) is 4. The fraction of sp³-hybridized carbons (Fsp3) is 0.345. The van der Waals surface area contributed by atoms with Crippen molar-refractivity contribution in [1.82, 2.24) is 0 Å². The Balaban J connectivity index is 1.38.